The van der Waals surface area contributed by atoms with E-state index in [2.05, 4.69) is 15.2 Å². The van der Waals surface area contributed by atoms with Crippen molar-refractivity contribution in [1.29, 1.82) is 0 Å². The lowest BCUT2D eigenvalue weighted by Gasteiger charge is -2.25. The molecule has 0 saturated carbocycles. The lowest BCUT2D eigenvalue weighted by Crippen LogP contribution is -2.29. The molecule has 1 aromatic carbocycles. The van der Waals surface area contributed by atoms with Crippen LogP contribution in [-0.4, -0.2) is 59.3 Å². The number of pyridine rings is 1. The standard InChI is InChI=1S/C27H30N4O7S/c1-16-10-11-22(38-16)27-30-29-23(31(27)24-20(35-3)8-5-9-21(24)36-4)15-39(33,34)17(2)25(32)18-12-13-28-19-7-6-14-37-26(18)19/h5,8-13,17,25,32H,6-7,14-15H2,1-4H3/t17-,25-/m0/s1. The summed E-state index contributed by atoms with van der Waals surface area (Å²) in [7, 11) is -0.971. The normalized spacial score (nSPS) is 14.8. The number of benzene rings is 1. The van der Waals surface area contributed by atoms with Crippen molar-refractivity contribution in [2.75, 3.05) is 20.8 Å². The molecule has 0 aliphatic carbocycles. The summed E-state index contributed by atoms with van der Waals surface area (Å²) in [6.45, 7) is 3.75. The number of aliphatic hydroxyl groups is 1. The fourth-order valence-electron chi connectivity index (χ4n) is 4.67. The molecule has 0 fully saturated rings. The predicted molar refractivity (Wildman–Crippen MR) is 142 cm³/mol. The Morgan fingerprint density at radius 3 is 2.51 bits per heavy atom. The molecule has 0 amide bonds. The van der Waals surface area contributed by atoms with E-state index in [1.165, 1.54) is 21.1 Å². The molecule has 3 aromatic heterocycles. The second-order valence-corrected chi connectivity index (χ2v) is 11.6. The quantitative estimate of drug-likeness (QED) is 0.326. The summed E-state index contributed by atoms with van der Waals surface area (Å²) in [6, 6.07) is 10.3. The number of nitrogens with zero attached hydrogens (tertiary/aromatic N) is 4. The first-order valence-electron chi connectivity index (χ1n) is 12.5. The maximum absolute atomic E-state index is 13.7. The van der Waals surface area contributed by atoms with Gasteiger partial charge in [0.1, 0.15) is 34.4 Å². The summed E-state index contributed by atoms with van der Waals surface area (Å²) in [5, 5.41) is 18.6. The highest BCUT2D eigenvalue weighted by molar-refractivity contribution is 7.91. The average Bonchev–Trinajstić information content (AvgIpc) is 3.56. The van der Waals surface area contributed by atoms with Crippen LogP contribution in [0, 0.1) is 6.92 Å². The van der Waals surface area contributed by atoms with Gasteiger partial charge in [-0.25, -0.2) is 8.42 Å². The van der Waals surface area contributed by atoms with E-state index in [9.17, 15) is 13.5 Å². The first-order valence-corrected chi connectivity index (χ1v) is 14.2. The van der Waals surface area contributed by atoms with Crippen LogP contribution in [0.2, 0.25) is 0 Å². The Balaban J connectivity index is 1.57. The molecule has 1 aliphatic heterocycles. The number of sulfone groups is 1. The van der Waals surface area contributed by atoms with Crippen LogP contribution in [0.3, 0.4) is 0 Å². The molecule has 206 valence electrons. The number of hydrogen-bond acceptors (Lipinski definition) is 10. The van der Waals surface area contributed by atoms with E-state index in [0.29, 0.717) is 58.7 Å². The Labute approximate surface area is 226 Å². The Bertz CT molecular complexity index is 1570. The number of aryl methyl sites for hydroxylation is 2. The van der Waals surface area contributed by atoms with Gasteiger partial charge < -0.3 is 23.7 Å². The molecule has 0 radical (unpaired) electrons. The smallest absolute Gasteiger partial charge is 0.204 e. The SMILES string of the molecule is COc1cccc(OC)c1-n1c(CS(=O)(=O)[C@@H](C)[C@H](O)c2ccnc3c2OCCC3)nnc1-c1ccc(C)o1. The van der Waals surface area contributed by atoms with Gasteiger partial charge >= 0.3 is 0 Å². The molecule has 11 nitrogen and oxygen atoms in total. The van der Waals surface area contributed by atoms with Crippen molar-refractivity contribution in [2.24, 2.45) is 0 Å². The van der Waals surface area contributed by atoms with Crippen molar-refractivity contribution in [1.82, 2.24) is 19.7 Å². The van der Waals surface area contributed by atoms with Gasteiger partial charge in [-0.1, -0.05) is 6.07 Å². The van der Waals surface area contributed by atoms with E-state index in [0.717, 1.165) is 6.42 Å². The van der Waals surface area contributed by atoms with Gasteiger partial charge in [0, 0.05) is 11.8 Å². The third kappa shape index (κ3) is 4.97. The molecular weight excluding hydrogens is 524 g/mol. The summed E-state index contributed by atoms with van der Waals surface area (Å²) in [4.78, 5) is 4.32. The number of aliphatic hydroxyl groups excluding tert-OH is 1. The number of methoxy groups -OCH3 is 2. The predicted octanol–water partition coefficient (Wildman–Crippen LogP) is 3.61. The van der Waals surface area contributed by atoms with Crippen LogP contribution in [0.25, 0.3) is 17.3 Å². The van der Waals surface area contributed by atoms with Crippen LogP contribution in [0.15, 0.2) is 47.0 Å². The Morgan fingerprint density at radius 1 is 1.10 bits per heavy atom. The zero-order valence-electron chi connectivity index (χ0n) is 22.1. The highest BCUT2D eigenvalue weighted by atomic mass is 32.2. The molecule has 4 aromatic rings. The van der Waals surface area contributed by atoms with Gasteiger partial charge in [0.05, 0.1) is 37.9 Å². The van der Waals surface area contributed by atoms with Gasteiger partial charge in [0.2, 0.25) is 5.82 Å². The summed E-state index contributed by atoms with van der Waals surface area (Å²) < 4.78 is 51.8. The molecular formula is C27H30N4O7S. The molecule has 2 atom stereocenters. The number of para-hydroxylation sites is 1. The number of ether oxygens (including phenoxy) is 3. The zero-order valence-corrected chi connectivity index (χ0v) is 22.9. The van der Waals surface area contributed by atoms with Crippen LogP contribution < -0.4 is 14.2 Å². The third-order valence-corrected chi connectivity index (χ3v) is 8.84. The minimum absolute atomic E-state index is 0.105. The van der Waals surface area contributed by atoms with Crippen LogP contribution in [0.1, 0.15) is 42.3 Å². The number of rotatable bonds is 9. The maximum Gasteiger partial charge on any atom is 0.204 e. The largest absolute Gasteiger partial charge is 0.494 e. The number of aromatic nitrogens is 4. The summed E-state index contributed by atoms with van der Waals surface area (Å²) >= 11 is 0. The van der Waals surface area contributed by atoms with E-state index >= 15 is 0 Å². The van der Waals surface area contributed by atoms with Crippen LogP contribution in [-0.2, 0) is 22.0 Å². The molecule has 0 bridgehead atoms. The van der Waals surface area contributed by atoms with Gasteiger partial charge in [0.15, 0.2) is 21.4 Å². The van der Waals surface area contributed by atoms with E-state index in [1.807, 2.05) is 0 Å². The zero-order chi connectivity index (χ0) is 27.7. The van der Waals surface area contributed by atoms with Gasteiger partial charge in [-0.15, -0.1) is 10.2 Å². The molecule has 0 unspecified atom stereocenters. The molecule has 5 rings (SSSR count). The van der Waals surface area contributed by atoms with Crippen molar-refractivity contribution in [2.45, 2.75) is 43.8 Å². The maximum atomic E-state index is 13.7. The lowest BCUT2D eigenvalue weighted by atomic mass is 10.0. The highest BCUT2D eigenvalue weighted by Crippen LogP contribution is 2.38. The van der Waals surface area contributed by atoms with Crippen molar-refractivity contribution in [3.05, 3.63) is 65.4 Å². The minimum atomic E-state index is -3.98. The Kier molecular flexibility index (Phi) is 7.32. The van der Waals surface area contributed by atoms with Crippen molar-refractivity contribution in [3.8, 4) is 34.5 Å². The minimum Gasteiger partial charge on any atom is -0.494 e. The average molecular weight is 555 g/mol. The molecule has 0 spiro atoms. The number of fused-ring (bicyclic) bond motifs is 1. The van der Waals surface area contributed by atoms with Gasteiger partial charge in [-0.05, 0) is 57.0 Å². The van der Waals surface area contributed by atoms with Gasteiger partial charge in [0.25, 0.3) is 0 Å². The highest BCUT2D eigenvalue weighted by Gasteiger charge is 2.35. The van der Waals surface area contributed by atoms with Gasteiger partial charge in [-0.2, -0.15) is 0 Å². The van der Waals surface area contributed by atoms with Crippen molar-refractivity contribution in [3.63, 3.8) is 0 Å². The van der Waals surface area contributed by atoms with E-state index < -0.39 is 26.9 Å². The lowest BCUT2D eigenvalue weighted by molar-refractivity contribution is 0.166. The molecule has 4 heterocycles. The fourth-order valence-corrected chi connectivity index (χ4v) is 6.02. The number of hydrogen-bond donors (Lipinski definition) is 1. The van der Waals surface area contributed by atoms with E-state index in [1.54, 1.807) is 54.1 Å². The molecule has 1 aliphatic rings. The Morgan fingerprint density at radius 2 is 1.85 bits per heavy atom. The molecule has 1 N–H and O–H groups in total. The first-order chi connectivity index (χ1) is 18.7. The van der Waals surface area contributed by atoms with Crippen LogP contribution in [0.5, 0.6) is 17.2 Å². The van der Waals surface area contributed by atoms with Crippen LogP contribution in [0.4, 0.5) is 0 Å². The fraction of sp³-hybridized carbons (Fsp3) is 0.370. The van der Waals surface area contributed by atoms with E-state index in [4.69, 9.17) is 18.6 Å². The molecule has 39 heavy (non-hydrogen) atoms. The van der Waals surface area contributed by atoms with E-state index in [-0.39, 0.29) is 11.6 Å². The van der Waals surface area contributed by atoms with Crippen LogP contribution >= 0.6 is 0 Å². The third-order valence-electron chi connectivity index (χ3n) is 6.79. The van der Waals surface area contributed by atoms with Crippen molar-refractivity contribution >= 4 is 9.84 Å². The summed E-state index contributed by atoms with van der Waals surface area (Å²) in [6.07, 6.45) is 1.74. The summed E-state index contributed by atoms with van der Waals surface area (Å²) in [5.74, 6) is 2.21. The Hall–Kier alpha value is -3.90. The monoisotopic (exact) mass is 554 g/mol. The molecule has 0 saturated heterocycles. The second kappa shape index (κ2) is 10.7. The topological polar surface area (TPSA) is 139 Å². The summed E-state index contributed by atoms with van der Waals surface area (Å²) in [5.41, 5.74) is 1.53. The second-order valence-electron chi connectivity index (χ2n) is 9.28. The first kappa shape index (κ1) is 26.7. The molecule has 12 heteroatoms. The number of furan rings is 1. The van der Waals surface area contributed by atoms with Gasteiger partial charge in [-0.3, -0.25) is 9.55 Å². The van der Waals surface area contributed by atoms with Crippen molar-refractivity contribution < 1.29 is 32.2 Å².